The number of rotatable bonds is 6. The number of halogens is 1. The van der Waals surface area contributed by atoms with E-state index in [2.05, 4.69) is 24.3 Å². The highest BCUT2D eigenvalue weighted by molar-refractivity contribution is 6.01. The van der Waals surface area contributed by atoms with Gasteiger partial charge in [-0.05, 0) is 39.6 Å². The van der Waals surface area contributed by atoms with E-state index in [1.54, 1.807) is 24.3 Å². The number of carbonyl (C=O) groups is 1. The van der Waals surface area contributed by atoms with Crippen molar-refractivity contribution >= 4 is 16.7 Å². The molecule has 0 fully saturated rings. The zero-order valence-corrected chi connectivity index (χ0v) is 18.7. The Balaban J connectivity index is 1.57. The predicted octanol–water partition coefficient (Wildman–Crippen LogP) is 7.49. The number of hydrogen-bond acceptors (Lipinski definition) is 1. The minimum atomic E-state index is -0.341. The van der Waals surface area contributed by atoms with Crippen LogP contribution < -0.4 is 0 Å². The Bertz CT molecular complexity index is 1440. The fourth-order valence-corrected chi connectivity index (χ4v) is 4.39. The molecule has 0 spiro atoms. The Morgan fingerprint density at radius 3 is 2.09 bits per heavy atom. The molecule has 0 N–H and O–H groups in total. The van der Waals surface area contributed by atoms with E-state index in [-0.39, 0.29) is 11.7 Å². The Hall–Kier alpha value is -4.24. The van der Waals surface area contributed by atoms with Crippen LogP contribution in [0.25, 0.3) is 21.9 Å². The van der Waals surface area contributed by atoms with Crippen LogP contribution in [0.5, 0.6) is 0 Å². The standard InChI is InChI=1S/C31H24FNO/c32-30-20-9-8-18-28(30)27-17-6-7-19-29(27)31(34)33(21-23-11-2-1-3-12-23)22-25-15-10-14-24-13-4-5-16-26(24)25/h1-20H,21-22H2. The molecule has 0 aliphatic heterocycles. The van der Waals surface area contributed by atoms with Crippen LogP contribution in [-0.4, -0.2) is 10.8 Å². The zero-order valence-electron chi connectivity index (χ0n) is 18.7. The van der Waals surface area contributed by atoms with Crippen LogP contribution >= 0.6 is 0 Å². The van der Waals surface area contributed by atoms with Gasteiger partial charge in [-0.25, -0.2) is 4.39 Å². The average molecular weight is 446 g/mol. The second kappa shape index (κ2) is 9.72. The van der Waals surface area contributed by atoms with Crippen molar-refractivity contribution in [1.82, 2.24) is 4.90 Å². The quantitative estimate of drug-likeness (QED) is 0.265. The molecule has 0 aromatic heterocycles. The van der Waals surface area contributed by atoms with Crippen molar-refractivity contribution in [2.75, 3.05) is 0 Å². The lowest BCUT2D eigenvalue weighted by Crippen LogP contribution is -2.30. The Morgan fingerprint density at radius 2 is 1.26 bits per heavy atom. The number of fused-ring (bicyclic) bond motifs is 1. The molecule has 0 heterocycles. The van der Waals surface area contributed by atoms with Crippen molar-refractivity contribution < 1.29 is 9.18 Å². The molecule has 0 radical (unpaired) electrons. The SMILES string of the molecule is O=C(c1ccccc1-c1ccccc1F)N(Cc1ccccc1)Cc1cccc2ccccc12. The second-order valence-electron chi connectivity index (χ2n) is 8.31. The molecule has 0 bridgehead atoms. The number of nitrogens with zero attached hydrogens (tertiary/aromatic N) is 1. The van der Waals surface area contributed by atoms with Crippen LogP contribution in [0, 0.1) is 5.82 Å². The molecule has 5 rings (SSSR count). The molecule has 166 valence electrons. The van der Waals surface area contributed by atoms with Gasteiger partial charge in [0.25, 0.3) is 5.91 Å². The number of amides is 1. The molecule has 0 unspecified atom stereocenters. The first-order valence-corrected chi connectivity index (χ1v) is 11.3. The summed E-state index contributed by atoms with van der Waals surface area (Å²) in [5.74, 6) is -0.470. The Morgan fingerprint density at radius 1 is 0.618 bits per heavy atom. The van der Waals surface area contributed by atoms with Crippen LogP contribution in [0.2, 0.25) is 0 Å². The molecule has 5 aromatic rings. The first-order valence-electron chi connectivity index (χ1n) is 11.3. The molecule has 5 aromatic carbocycles. The normalized spacial score (nSPS) is 10.9. The van der Waals surface area contributed by atoms with Crippen LogP contribution in [-0.2, 0) is 13.1 Å². The van der Waals surface area contributed by atoms with Gasteiger partial charge in [0.2, 0.25) is 0 Å². The van der Waals surface area contributed by atoms with E-state index in [1.807, 2.05) is 71.6 Å². The third-order valence-corrected chi connectivity index (χ3v) is 6.07. The summed E-state index contributed by atoms with van der Waals surface area (Å²) in [5.41, 5.74) is 3.63. The van der Waals surface area contributed by atoms with Crippen molar-refractivity contribution in [3.05, 3.63) is 144 Å². The summed E-state index contributed by atoms with van der Waals surface area (Å²) >= 11 is 0. The summed E-state index contributed by atoms with van der Waals surface area (Å²) in [6.45, 7) is 0.898. The highest BCUT2D eigenvalue weighted by Gasteiger charge is 2.22. The van der Waals surface area contributed by atoms with Crippen LogP contribution in [0.3, 0.4) is 0 Å². The van der Waals surface area contributed by atoms with Gasteiger partial charge in [-0.15, -0.1) is 0 Å². The minimum absolute atomic E-state index is 0.129. The predicted molar refractivity (Wildman–Crippen MR) is 136 cm³/mol. The third kappa shape index (κ3) is 4.46. The summed E-state index contributed by atoms with van der Waals surface area (Å²) < 4.78 is 14.7. The minimum Gasteiger partial charge on any atom is -0.330 e. The van der Waals surface area contributed by atoms with E-state index in [1.165, 1.54) is 6.07 Å². The maximum Gasteiger partial charge on any atom is 0.255 e. The molecule has 2 nitrogen and oxygen atoms in total. The maximum absolute atomic E-state index is 14.7. The van der Waals surface area contributed by atoms with Crippen molar-refractivity contribution in [3.8, 4) is 11.1 Å². The van der Waals surface area contributed by atoms with Gasteiger partial charge in [-0.3, -0.25) is 4.79 Å². The smallest absolute Gasteiger partial charge is 0.255 e. The molecule has 0 aliphatic carbocycles. The van der Waals surface area contributed by atoms with E-state index in [9.17, 15) is 9.18 Å². The van der Waals surface area contributed by atoms with Crippen LogP contribution in [0.15, 0.2) is 121 Å². The zero-order chi connectivity index (χ0) is 23.3. The Labute approximate surface area is 198 Å². The molecule has 3 heteroatoms. The van der Waals surface area contributed by atoms with Crippen LogP contribution in [0.4, 0.5) is 4.39 Å². The molecule has 34 heavy (non-hydrogen) atoms. The van der Waals surface area contributed by atoms with Crippen LogP contribution in [0.1, 0.15) is 21.5 Å². The van der Waals surface area contributed by atoms with Crippen molar-refractivity contribution in [1.29, 1.82) is 0 Å². The van der Waals surface area contributed by atoms with Gasteiger partial charge in [0, 0.05) is 24.2 Å². The van der Waals surface area contributed by atoms with E-state index in [0.717, 1.165) is 21.9 Å². The van der Waals surface area contributed by atoms with E-state index in [4.69, 9.17) is 0 Å². The molecule has 0 saturated heterocycles. The topological polar surface area (TPSA) is 20.3 Å². The van der Waals surface area contributed by atoms with Gasteiger partial charge in [-0.1, -0.05) is 109 Å². The van der Waals surface area contributed by atoms with Crippen molar-refractivity contribution in [2.45, 2.75) is 13.1 Å². The fourth-order valence-electron chi connectivity index (χ4n) is 4.39. The number of carbonyl (C=O) groups excluding carboxylic acids is 1. The molecule has 1 amide bonds. The first kappa shape index (κ1) is 21.6. The van der Waals surface area contributed by atoms with E-state index in [0.29, 0.717) is 29.8 Å². The lowest BCUT2D eigenvalue weighted by atomic mass is 9.97. The largest absolute Gasteiger partial charge is 0.330 e. The summed E-state index contributed by atoms with van der Waals surface area (Å²) in [5, 5.41) is 2.26. The van der Waals surface area contributed by atoms with Crippen molar-refractivity contribution in [3.63, 3.8) is 0 Å². The van der Waals surface area contributed by atoms with Crippen molar-refractivity contribution in [2.24, 2.45) is 0 Å². The maximum atomic E-state index is 14.7. The first-order chi connectivity index (χ1) is 16.7. The summed E-state index contributed by atoms with van der Waals surface area (Å²) in [6.07, 6.45) is 0. The second-order valence-corrected chi connectivity index (χ2v) is 8.31. The number of benzene rings is 5. The van der Waals surface area contributed by atoms with Gasteiger partial charge in [0.05, 0.1) is 0 Å². The van der Waals surface area contributed by atoms with Gasteiger partial charge in [0.1, 0.15) is 5.82 Å². The third-order valence-electron chi connectivity index (χ3n) is 6.07. The molecule has 0 aliphatic rings. The molecular formula is C31H24FNO. The summed E-state index contributed by atoms with van der Waals surface area (Å²) in [4.78, 5) is 15.8. The monoisotopic (exact) mass is 445 g/mol. The highest BCUT2D eigenvalue weighted by Crippen LogP contribution is 2.29. The van der Waals surface area contributed by atoms with Gasteiger partial charge < -0.3 is 4.90 Å². The molecular weight excluding hydrogens is 421 g/mol. The van der Waals surface area contributed by atoms with Gasteiger partial charge in [-0.2, -0.15) is 0 Å². The Kier molecular flexibility index (Phi) is 6.17. The summed E-state index contributed by atoms with van der Waals surface area (Å²) in [6, 6.07) is 38.2. The summed E-state index contributed by atoms with van der Waals surface area (Å²) in [7, 11) is 0. The lowest BCUT2D eigenvalue weighted by Gasteiger charge is -2.25. The van der Waals surface area contributed by atoms with E-state index >= 15 is 0 Å². The lowest BCUT2D eigenvalue weighted by molar-refractivity contribution is 0.0731. The van der Waals surface area contributed by atoms with E-state index < -0.39 is 0 Å². The molecule has 0 saturated carbocycles. The fraction of sp³-hybridized carbons (Fsp3) is 0.0645. The van der Waals surface area contributed by atoms with Gasteiger partial charge in [0.15, 0.2) is 0 Å². The highest BCUT2D eigenvalue weighted by atomic mass is 19.1. The number of hydrogen-bond donors (Lipinski definition) is 0. The molecule has 0 atom stereocenters. The van der Waals surface area contributed by atoms with Gasteiger partial charge >= 0.3 is 0 Å². The average Bonchev–Trinajstić information content (AvgIpc) is 2.89.